The van der Waals surface area contributed by atoms with E-state index in [1.54, 1.807) is 10.3 Å². The van der Waals surface area contributed by atoms with Gasteiger partial charge in [0.25, 0.3) is 0 Å². The Balaban J connectivity index is 2.03. The summed E-state index contributed by atoms with van der Waals surface area (Å²) in [5.41, 5.74) is -0.439. The lowest BCUT2D eigenvalue weighted by Crippen LogP contribution is -2.42. The van der Waals surface area contributed by atoms with Gasteiger partial charge in [-0.2, -0.15) is 0 Å². The van der Waals surface area contributed by atoms with E-state index in [1.165, 1.54) is 11.3 Å². The van der Waals surface area contributed by atoms with Gasteiger partial charge < -0.3 is 14.7 Å². The van der Waals surface area contributed by atoms with Crippen LogP contribution in [0.3, 0.4) is 0 Å². The zero-order valence-corrected chi connectivity index (χ0v) is 13.3. The van der Waals surface area contributed by atoms with Crippen LogP contribution in [0, 0.1) is 0 Å². The molecule has 0 bridgehead atoms. The minimum absolute atomic E-state index is 0.0735. The van der Waals surface area contributed by atoms with Crippen molar-refractivity contribution in [3.05, 3.63) is 16.1 Å². The topological polar surface area (TPSA) is 79.7 Å². The van der Waals surface area contributed by atoms with Crippen LogP contribution in [0.5, 0.6) is 0 Å². The van der Waals surface area contributed by atoms with E-state index in [2.05, 4.69) is 4.98 Å². The molecule has 1 amide bonds. The first-order chi connectivity index (χ1) is 9.76. The minimum atomic E-state index is -1.02. The SMILES string of the molecule is CC(C)(C)OC(=O)N1CCCC(c2nc(C(=O)O)cs2)C1. The Kier molecular flexibility index (Phi) is 4.51. The summed E-state index contributed by atoms with van der Waals surface area (Å²) in [7, 11) is 0. The van der Waals surface area contributed by atoms with Crippen molar-refractivity contribution in [2.45, 2.75) is 45.1 Å². The van der Waals surface area contributed by atoms with Crippen molar-refractivity contribution in [3.8, 4) is 0 Å². The molecule has 1 atom stereocenters. The molecule has 0 radical (unpaired) electrons. The largest absolute Gasteiger partial charge is 0.476 e. The highest BCUT2D eigenvalue weighted by atomic mass is 32.1. The normalized spacial score (nSPS) is 19.4. The fraction of sp³-hybridized carbons (Fsp3) is 0.643. The maximum Gasteiger partial charge on any atom is 0.410 e. The number of carbonyl (C=O) groups is 2. The van der Waals surface area contributed by atoms with Crippen molar-refractivity contribution < 1.29 is 19.4 Å². The van der Waals surface area contributed by atoms with E-state index in [4.69, 9.17) is 9.84 Å². The molecule has 1 N–H and O–H groups in total. The van der Waals surface area contributed by atoms with Crippen LogP contribution in [0.4, 0.5) is 4.79 Å². The van der Waals surface area contributed by atoms with Gasteiger partial charge in [0.05, 0.1) is 5.01 Å². The second-order valence-electron chi connectivity index (χ2n) is 6.14. The van der Waals surface area contributed by atoms with Gasteiger partial charge in [0.15, 0.2) is 5.69 Å². The number of hydrogen-bond acceptors (Lipinski definition) is 5. The smallest absolute Gasteiger partial charge is 0.410 e. The number of carboxylic acids is 1. The molecule has 1 aromatic heterocycles. The molecule has 21 heavy (non-hydrogen) atoms. The maximum absolute atomic E-state index is 12.1. The standard InChI is InChI=1S/C14H20N2O4S/c1-14(2,3)20-13(19)16-6-4-5-9(7-16)11-15-10(8-21-11)12(17)18/h8-9H,4-7H2,1-3H3,(H,17,18). The molecule has 1 saturated heterocycles. The van der Waals surface area contributed by atoms with Crippen molar-refractivity contribution in [3.63, 3.8) is 0 Å². The molecular formula is C14H20N2O4S. The third-order valence-corrected chi connectivity index (χ3v) is 4.17. The average molecular weight is 312 g/mol. The summed E-state index contributed by atoms with van der Waals surface area (Å²) >= 11 is 1.34. The van der Waals surface area contributed by atoms with Crippen LogP contribution >= 0.6 is 11.3 Å². The summed E-state index contributed by atoms with van der Waals surface area (Å²) in [6.07, 6.45) is 1.46. The van der Waals surface area contributed by atoms with Gasteiger partial charge in [0, 0.05) is 24.4 Å². The first-order valence-electron chi connectivity index (χ1n) is 6.93. The van der Waals surface area contributed by atoms with Gasteiger partial charge in [0.1, 0.15) is 5.60 Å². The summed E-state index contributed by atoms with van der Waals surface area (Å²) in [5, 5.41) is 11.2. The first-order valence-corrected chi connectivity index (χ1v) is 7.81. The molecule has 2 rings (SSSR count). The maximum atomic E-state index is 12.1. The molecule has 1 aliphatic rings. The van der Waals surface area contributed by atoms with E-state index < -0.39 is 11.6 Å². The van der Waals surface area contributed by atoms with Crippen molar-refractivity contribution in [2.24, 2.45) is 0 Å². The Morgan fingerprint density at radius 3 is 2.76 bits per heavy atom. The molecule has 0 spiro atoms. The van der Waals surface area contributed by atoms with Crippen LogP contribution in [-0.4, -0.2) is 45.7 Å². The number of hydrogen-bond donors (Lipinski definition) is 1. The number of piperidine rings is 1. The van der Waals surface area contributed by atoms with Gasteiger partial charge in [-0.3, -0.25) is 0 Å². The molecule has 0 aliphatic carbocycles. The van der Waals surface area contributed by atoms with Crippen molar-refractivity contribution in [1.82, 2.24) is 9.88 Å². The number of amides is 1. The molecule has 1 aliphatic heterocycles. The van der Waals surface area contributed by atoms with Crippen LogP contribution < -0.4 is 0 Å². The highest BCUT2D eigenvalue weighted by molar-refractivity contribution is 7.09. The fourth-order valence-electron chi connectivity index (χ4n) is 2.24. The number of carboxylic acid groups (broad SMARTS) is 1. The monoisotopic (exact) mass is 312 g/mol. The Hall–Kier alpha value is -1.63. The van der Waals surface area contributed by atoms with Gasteiger partial charge >= 0.3 is 12.1 Å². The zero-order chi connectivity index (χ0) is 15.6. The van der Waals surface area contributed by atoms with Crippen LogP contribution in [-0.2, 0) is 4.74 Å². The fourth-order valence-corrected chi connectivity index (χ4v) is 3.17. The van der Waals surface area contributed by atoms with Crippen LogP contribution in [0.25, 0.3) is 0 Å². The Labute approximate surface area is 127 Å². The number of nitrogens with zero attached hydrogens (tertiary/aromatic N) is 2. The van der Waals surface area contributed by atoms with E-state index in [9.17, 15) is 9.59 Å². The molecule has 0 aromatic carbocycles. The molecule has 6 nitrogen and oxygen atoms in total. The van der Waals surface area contributed by atoms with Gasteiger partial charge in [-0.1, -0.05) is 0 Å². The van der Waals surface area contributed by atoms with Gasteiger partial charge in [-0.05, 0) is 33.6 Å². The number of carbonyl (C=O) groups excluding carboxylic acids is 1. The second kappa shape index (κ2) is 6.01. The Bertz CT molecular complexity index is 535. The number of thiazole rings is 1. The quantitative estimate of drug-likeness (QED) is 0.908. The summed E-state index contributed by atoms with van der Waals surface area (Å²) in [4.78, 5) is 28.8. The van der Waals surface area contributed by atoms with Crippen LogP contribution in [0.15, 0.2) is 5.38 Å². The number of ether oxygens (including phenoxy) is 1. The molecule has 1 aromatic rings. The van der Waals surface area contributed by atoms with Crippen molar-refractivity contribution >= 4 is 23.4 Å². The lowest BCUT2D eigenvalue weighted by molar-refractivity contribution is 0.0198. The number of likely N-dealkylation sites (tertiary alicyclic amines) is 1. The Morgan fingerprint density at radius 2 is 2.19 bits per heavy atom. The van der Waals surface area contributed by atoms with Gasteiger partial charge in [0.2, 0.25) is 0 Å². The van der Waals surface area contributed by atoms with Crippen LogP contribution in [0.1, 0.15) is 55.0 Å². The highest BCUT2D eigenvalue weighted by Gasteiger charge is 2.30. The van der Waals surface area contributed by atoms with Gasteiger partial charge in [-0.25, -0.2) is 14.6 Å². The molecule has 7 heteroatoms. The third-order valence-electron chi connectivity index (χ3n) is 3.16. The zero-order valence-electron chi connectivity index (χ0n) is 12.5. The average Bonchev–Trinajstić information content (AvgIpc) is 2.86. The van der Waals surface area contributed by atoms with Crippen molar-refractivity contribution in [1.29, 1.82) is 0 Å². The molecule has 116 valence electrons. The number of aromatic nitrogens is 1. The van der Waals surface area contributed by atoms with E-state index in [1.807, 2.05) is 20.8 Å². The molecule has 0 saturated carbocycles. The molecule has 1 fully saturated rings. The van der Waals surface area contributed by atoms with Crippen molar-refractivity contribution in [2.75, 3.05) is 13.1 Å². The number of aromatic carboxylic acids is 1. The van der Waals surface area contributed by atoms with E-state index in [0.717, 1.165) is 17.8 Å². The first kappa shape index (κ1) is 15.8. The van der Waals surface area contributed by atoms with E-state index in [0.29, 0.717) is 13.1 Å². The lowest BCUT2D eigenvalue weighted by Gasteiger charge is -2.33. The molecule has 2 heterocycles. The summed E-state index contributed by atoms with van der Waals surface area (Å²) in [5.74, 6) is -0.929. The lowest BCUT2D eigenvalue weighted by atomic mass is 9.99. The predicted molar refractivity (Wildman–Crippen MR) is 78.9 cm³/mol. The summed E-state index contributed by atoms with van der Waals surface area (Å²) in [6, 6.07) is 0. The second-order valence-corrected chi connectivity index (χ2v) is 7.03. The molecule has 1 unspecified atom stereocenters. The third kappa shape index (κ3) is 4.17. The summed E-state index contributed by atoms with van der Waals surface area (Å²) < 4.78 is 5.38. The van der Waals surface area contributed by atoms with Gasteiger partial charge in [-0.15, -0.1) is 11.3 Å². The van der Waals surface area contributed by atoms with E-state index in [-0.39, 0.29) is 17.7 Å². The predicted octanol–water partition coefficient (Wildman–Crippen LogP) is 2.96. The Morgan fingerprint density at radius 1 is 1.48 bits per heavy atom. The molecular weight excluding hydrogens is 292 g/mol. The number of rotatable bonds is 2. The minimum Gasteiger partial charge on any atom is -0.476 e. The van der Waals surface area contributed by atoms with E-state index >= 15 is 0 Å². The highest BCUT2D eigenvalue weighted by Crippen LogP contribution is 2.30. The van der Waals surface area contributed by atoms with Crippen LogP contribution in [0.2, 0.25) is 0 Å². The summed E-state index contributed by atoms with van der Waals surface area (Å²) in [6.45, 7) is 6.72.